The molecular formula is C22H21FN4O3S. The topological polar surface area (TPSA) is 108 Å². The summed E-state index contributed by atoms with van der Waals surface area (Å²) >= 11 is 0. The van der Waals surface area contributed by atoms with Gasteiger partial charge in [-0.3, -0.25) is 4.79 Å². The fourth-order valence-corrected chi connectivity index (χ4v) is 4.95. The van der Waals surface area contributed by atoms with Crippen LogP contribution in [0.5, 0.6) is 0 Å². The van der Waals surface area contributed by atoms with E-state index in [2.05, 4.69) is 19.7 Å². The van der Waals surface area contributed by atoms with Gasteiger partial charge in [-0.2, -0.15) is 0 Å². The Morgan fingerprint density at radius 2 is 1.84 bits per heavy atom. The molecule has 0 fully saturated rings. The van der Waals surface area contributed by atoms with Crippen molar-refractivity contribution in [3.8, 4) is 0 Å². The van der Waals surface area contributed by atoms with E-state index in [9.17, 15) is 17.6 Å². The normalized spacial score (nSPS) is 12.8. The van der Waals surface area contributed by atoms with Gasteiger partial charge in [0, 0.05) is 28.7 Å². The van der Waals surface area contributed by atoms with Gasteiger partial charge >= 0.3 is 0 Å². The highest BCUT2D eigenvalue weighted by Crippen LogP contribution is 2.24. The second kappa shape index (κ2) is 8.44. The third-order valence-electron chi connectivity index (χ3n) is 4.96. The predicted octanol–water partition coefficient (Wildman–Crippen LogP) is 3.10. The third kappa shape index (κ3) is 4.89. The smallest absolute Gasteiger partial charge is 0.251 e. The lowest BCUT2D eigenvalue weighted by Gasteiger charge is -2.19. The van der Waals surface area contributed by atoms with Crippen LogP contribution in [0, 0.1) is 12.7 Å². The first-order valence-corrected chi connectivity index (χ1v) is 11.3. The minimum atomic E-state index is -3.94. The number of halogens is 1. The molecule has 1 unspecified atom stereocenters. The van der Waals surface area contributed by atoms with Gasteiger partial charge in [0.1, 0.15) is 11.6 Å². The number of nitrogens with one attached hydrogen (secondary N) is 3. The van der Waals surface area contributed by atoms with Crippen molar-refractivity contribution in [3.05, 3.63) is 99.6 Å². The average molecular weight is 441 g/mol. The standard InChI is InChI=1S/C22H21FN4O3S/c1-14-25-20(11-22(28)26-14)21(10-16-12-24-19-9-5-3-7-17(16)19)27-31(29,30)13-15-6-2-4-8-18(15)23/h2-9,11-12,21,24,27H,10,13H2,1H3,(H,25,26,28). The number of para-hydroxylation sites is 1. The van der Waals surface area contributed by atoms with E-state index in [0.29, 0.717) is 11.5 Å². The molecule has 31 heavy (non-hydrogen) atoms. The molecule has 0 amide bonds. The maximum atomic E-state index is 14.0. The number of fused-ring (bicyclic) bond motifs is 1. The Morgan fingerprint density at radius 3 is 2.61 bits per heavy atom. The molecule has 1 atom stereocenters. The molecule has 9 heteroatoms. The lowest BCUT2D eigenvalue weighted by atomic mass is 10.0. The monoisotopic (exact) mass is 440 g/mol. The van der Waals surface area contributed by atoms with Gasteiger partial charge in [0.05, 0.1) is 17.5 Å². The summed E-state index contributed by atoms with van der Waals surface area (Å²) < 4.78 is 42.4. The zero-order chi connectivity index (χ0) is 22.0. The molecule has 0 saturated heterocycles. The minimum Gasteiger partial charge on any atom is -0.361 e. The molecule has 2 aromatic carbocycles. The van der Waals surface area contributed by atoms with Gasteiger partial charge in [0.15, 0.2) is 0 Å². The molecule has 0 aliphatic heterocycles. The van der Waals surface area contributed by atoms with Crippen LogP contribution in [0.1, 0.15) is 28.7 Å². The zero-order valence-electron chi connectivity index (χ0n) is 16.7. The van der Waals surface area contributed by atoms with Crippen LogP contribution in [-0.2, 0) is 22.2 Å². The molecule has 2 aromatic heterocycles. The van der Waals surface area contributed by atoms with Crippen LogP contribution in [-0.4, -0.2) is 23.4 Å². The summed E-state index contributed by atoms with van der Waals surface area (Å²) in [6.45, 7) is 1.63. The lowest BCUT2D eigenvalue weighted by Crippen LogP contribution is -2.33. The fraction of sp³-hybridized carbons (Fsp3) is 0.182. The lowest BCUT2D eigenvalue weighted by molar-refractivity contribution is 0.545. The molecule has 0 saturated carbocycles. The van der Waals surface area contributed by atoms with Crippen molar-refractivity contribution >= 4 is 20.9 Å². The summed E-state index contributed by atoms with van der Waals surface area (Å²) in [7, 11) is -3.94. The van der Waals surface area contributed by atoms with Crippen LogP contribution >= 0.6 is 0 Å². The van der Waals surface area contributed by atoms with Gasteiger partial charge in [-0.1, -0.05) is 36.4 Å². The number of benzene rings is 2. The maximum Gasteiger partial charge on any atom is 0.251 e. The molecule has 4 rings (SSSR count). The van der Waals surface area contributed by atoms with Crippen LogP contribution in [0.4, 0.5) is 4.39 Å². The SMILES string of the molecule is Cc1nc(C(Cc2c[nH]c3ccccc23)NS(=O)(=O)Cc2ccccc2F)cc(=O)[nH]1. The summed E-state index contributed by atoms with van der Waals surface area (Å²) in [5.74, 6) is -0.738. The van der Waals surface area contributed by atoms with Gasteiger partial charge in [-0.15, -0.1) is 0 Å². The molecule has 0 spiro atoms. The first-order valence-electron chi connectivity index (χ1n) is 9.67. The Balaban J connectivity index is 1.70. The Morgan fingerprint density at radius 1 is 1.10 bits per heavy atom. The first-order chi connectivity index (χ1) is 14.8. The molecule has 0 aliphatic carbocycles. The summed E-state index contributed by atoms with van der Waals surface area (Å²) in [5, 5.41) is 0.947. The fourth-order valence-electron chi connectivity index (χ4n) is 3.59. The predicted molar refractivity (Wildman–Crippen MR) is 116 cm³/mol. The van der Waals surface area contributed by atoms with Crippen molar-refractivity contribution in [1.29, 1.82) is 0 Å². The zero-order valence-corrected chi connectivity index (χ0v) is 17.5. The summed E-state index contributed by atoms with van der Waals surface area (Å²) in [4.78, 5) is 22.1. The maximum absolute atomic E-state index is 14.0. The molecule has 7 nitrogen and oxygen atoms in total. The number of aromatic nitrogens is 3. The summed E-state index contributed by atoms with van der Waals surface area (Å²) in [6.07, 6.45) is 2.07. The van der Waals surface area contributed by atoms with E-state index < -0.39 is 27.6 Å². The molecule has 4 aromatic rings. The van der Waals surface area contributed by atoms with Crippen LogP contribution in [0.25, 0.3) is 10.9 Å². The number of aryl methyl sites for hydroxylation is 1. The van der Waals surface area contributed by atoms with E-state index in [1.807, 2.05) is 30.5 Å². The molecule has 2 heterocycles. The van der Waals surface area contributed by atoms with Gasteiger partial charge in [-0.25, -0.2) is 22.5 Å². The molecule has 0 bridgehead atoms. The minimum absolute atomic E-state index is 0.0656. The second-order valence-electron chi connectivity index (χ2n) is 7.34. The van der Waals surface area contributed by atoms with Crippen LogP contribution in [0.15, 0.2) is 65.6 Å². The second-order valence-corrected chi connectivity index (χ2v) is 9.09. The Labute approximate surface area is 178 Å². The summed E-state index contributed by atoms with van der Waals surface area (Å²) in [5.41, 5.74) is 1.77. The number of sulfonamides is 1. The van der Waals surface area contributed by atoms with E-state index in [4.69, 9.17) is 0 Å². The van der Waals surface area contributed by atoms with Crippen molar-refractivity contribution in [1.82, 2.24) is 19.7 Å². The highest BCUT2D eigenvalue weighted by molar-refractivity contribution is 7.88. The van der Waals surface area contributed by atoms with E-state index in [1.54, 1.807) is 13.0 Å². The number of aromatic amines is 2. The van der Waals surface area contributed by atoms with E-state index in [1.165, 1.54) is 24.3 Å². The molecule has 0 aliphatic rings. The van der Waals surface area contributed by atoms with Crippen molar-refractivity contribution in [3.63, 3.8) is 0 Å². The van der Waals surface area contributed by atoms with Crippen LogP contribution in [0.2, 0.25) is 0 Å². The van der Waals surface area contributed by atoms with Gasteiger partial charge in [-0.05, 0) is 31.0 Å². The number of nitrogens with zero attached hydrogens (tertiary/aromatic N) is 1. The average Bonchev–Trinajstić information content (AvgIpc) is 3.11. The van der Waals surface area contributed by atoms with Gasteiger partial charge in [0.25, 0.3) is 5.56 Å². The largest absolute Gasteiger partial charge is 0.361 e. The van der Waals surface area contributed by atoms with Crippen LogP contribution < -0.4 is 10.3 Å². The van der Waals surface area contributed by atoms with Crippen molar-refractivity contribution in [2.75, 3.05) is 0 Å². The highest BCUT2D eigenvalue weighted by atomic mass is 32.2. The van der Waals surface area contributed by atoms with E-state index in [-0.39, 0.29) is 17.5 Å². The van der Waals surface area contributed by atoms with Gasteiger partial charge in [0.2, 0.25) is 10.0 Å². The third-order valence-corrected chi connectivity index (χ3v) is 6.30. The van der Waals surface area contributed by atoms with Crippen molar-refractivity contribution < 1.29 is 12.8 Å². The summed E-state index contributed by atoms with van der Waals surface area (Å²) in [6, 6.07) is 13.9. The molecule has 3 N–H and O–H groups in total. The Kier molecular flexibility index (Phi) is 5.71. The highest BCUT2D eigenvalue weighted by Gasteiger charge is 2.24. The Bertz CT molecular complexity index is 1400. The molecule has 160 valence electrons. The van der Waals surface area contributed by atoms with Crippen molar-refractivity contribution in [2.24, 2.45) is 0 Å². The number of H-pyrrole nitrogens is 2. The van der Waals surface area contributed by atoms with Crippen molar-refractivity contribution in [2.45, 2.75) is 25.1 Å². The number of hydrogen-bond acceptors (Lipinski definition) is 4. The van der Waals surface area contributed by atoms with Crippen LogP contribution in [0.3, 0.4) is 0 Å². The first kappa shape index (κ1) is 21.0. The molecular weight excluding hydrogens is 419 g/mol. The quantitative estimate of drug-likeness (QED) is 0.410. The number of hydrogen-bond donors (Lipinski definition) is 3. The van der Waals surface area contributed by atoms with E-state index >= 15 is 0 Å². The molecule has 0 radical (unpaired) electrons. The number of rotatable bonds is 7. The van der Waals surface area contributed by atoms with E-state index in [0.717, 1.165) is 16.5 Å². The Hall–Kier alpha value is -3.30. The van der Waals surface area contributed by atoms with Gasteiger partial charge < -0.3 is 9.97 Å².